The van der Waals surface area contributed by atoms with Crippen LogP contribution in [0.25, 0.3) is 17.2 Å². The van der Waals surface area contributed by atoms with Crippen molar-refractivity contribution in [2.45, 2.75) is 26.6 Å². The zero-order valence-corrected chi connectivity index (χ0v) is 19.4. The molecule has 1 aliphatic heterocycles. The van der Waals surface area contributed by atoms with Gasteiger partial charge in [0.15, 0.2) is 6.30 Å². The lowest BCUT2D eigenvalue weighted by molar-refractivity contribution is -0.131. The van der Waals surface area contributed by atoms with Crippen molar-refractivity contribution in [3.63, 3.8) is 0 Å². The third kappa shape index (κ3) is 4.72. The molecule has 0 spiro atoms. The highest BCUT2D eigenvalue weighted by atomic mass is 19.1. The number of hydrazine groups is 1. The first-order valence-corrected chi connectivity index (χ1v) is 11.1. The van der Waals surface area contributed by atoms with Gasteiger partial charge < -0.3 is 15.3 Å². The van der Waals surface area contributed by atoms with E-state index in [0.717, 1.165) is 62.9 Å². The lowest BCUT2D eigenvalue weighted by Crippen LogP contribution is -2.14. The van der Waals surface area contributed by atoms with Crippen molar-refractivity contribution < 1.29 is 19.0 Å². The van der Waals surface area contributed by atoms with Gasteiger partial charge in [-0.3, -0.25) is 0 Å². The fourth-order valence-corrected chi connectivity index (χ4v) is 4.31. The molecule has 4 rings (SSSR count). The summed E-state index contributed by atoms with van der Waals surface area (Å²) in [6.45, 7) is 4.16. The van der Waals surface area contributed by atoms with Crippen LogP contribution in [0.15, 0.2) is 66.7 Å². The molecule has 0 aromatic heterocycles. The van der Waals surface area contributed by atoms with Gasteiger partial charge in [0.25, 0.3) is 0 Å². The number of carboxylic acid groups (broad SMARTS) is 1. The minimum absolute atomic E-state index is 0.568. The first-order chi connectivity index (χ1) is 16.4. The average molecular weight is 459 g/mol. The quantitative estimate of drug-likeness (QED) is 0.218. The zero-order valence-electron chi connectivity index (χ0n) is 19.4. The molecule has 174 valence electrons. The predicted molar refractivity (Wildman–Crippen MR) is 134 cm³/mol. The lowest BCUT2D eigenvalue weighted by Gasteiger charge is -2.19. The molecule has 34 heavy (non-hydrogen) atoms. The van der Waals surface area contributed by atoms with Gasteiger partial charge >= 0.3 is 5.97 Å². The Labute approximate surface area is 198 Å². The summed E-state index contributed by atoms with van der Waals surface area (Å²) >= 11 is 0. The smallest absolute Gasteiger partial charge is 0.328 e. The van der Waals surface area contributed by atoms with Crippen molar-refractivity contribution in [1.29, 1.82) is 0 Å². The van der Waals surface area contributed by atoms with Crippen LogP contribution in [0, 0.1) is 6.92 Å². The Balaban J connectivity index is 1.91. The van der Waals surface area contributed by atoms with E-state index in [9.17, 15) is 9.18 Å². The maximum atomic E-state index is 14.5. The van der Waals surface area contributed by atoms with E-state index >= 15 is 0 Å². The minimum Gasteiger partial charge on any atom is -0.497 e. The number of carboxylic acids is 1. The number of hydrogen-bond acceptors (Lipinski definition) is 4. The fourth-order valence-electron chi connectivity index (χ4n) is 4.31. The summed E-state index contributed by atoms with van der Waals surface area (Å²) in [6.07, 6.45) is 2.15. The van der Waals surface area contributed by atoms with Crippen molar-refractivity contribution >= 4 is 28.9 Å². The number of aliphatic carboxylic acids is 1. The number of ether oxygens (including phenoxy) is 1. The number of halogens is 1. The summed E-state index contributed by atoms with van der Waals surface area (Å²) in [7, 11) is 1.65. The van der Waals surface area contributed by atoms with Crippen LogP contribution < -0.4 is 15.6 Å². The number of benzene rings is 3. The van der Waals surface area contributed by atoms with Crippen molar-refractivity contribution in [3.05, 3.63) is 100 Å². The maximum Gasteiger partial charge on any atom is 0.328 e. The van der Waals surface area contributed by atoms with Gasteiger partial charge in [0.05, 0.1) is 12.8 Å². The number of carbonyl (C=O) groups is 1. The predicted octanol–water partition coefficient (Wildman–Crippen LogP) is 6.37. The van der Waals surface area contributed by atoms with Crippen molar-refractivity contribution in [3.8, 4) is 5.75 Å². The highest BCUT2D eigenvalue weighted by molar-refractivity contribution is 5.99. The Hall–Kier alpha value is -3.90. The van der Waals surface area contributed by atoms with Crippen LogP contribution in [-0.4, -0.2) is 18.2 Å². The van der Waals surface area contributed by atoms with Gasteiger partial charge in [0.2, 0.25) is 0 Å². The van der Waals surface area contributed by atoms with Crippen LogP contribution in [0.3, 0.4) is 0 Å². The largest absolute Gasteiger partial charge is 0.497 e. The molecule has 3 aromatic rings. The van der Waals surface area contributed by atoms with Crippen LogP contribution >= 0.6 is 0 Å². The molecule has 0 bridgehead atoms. The van der Waals surface area contributed by atoms with E-state index < -0.39 is 12.3 Å². The molecule has 1 atom stereocenters. The van der Waals surface area contributed by atoms with E-state index in [2.05, 4.69) is 30.8 Å². The number of allylic oxidation sites excluding steroid dienone is 1. The molecule has 0 saturated heterocycles. The second-order valence-electron chi connectivity index (χ2n) is 8.12. The molecule has 0 radical (unpaired) electrons. The SMILES string of the molecule is CC/C(=C(/c1ccc(/C=C/C(=O)O)cc1)c1ccc2c(c1)C(F)NN2)c1ccc(OC)cc1C. The van der Waals surface area contributed by atoms with E-state index in [1.54, 1.807) is 13.2 Å². The Morgan fingerprint density at radius 2 is 1.82 bits per heavy atom. The number of fused-ring (bicyclic) bond motifs is 1. The summed E-state index contributed by atoms with van der Waals surface area (Å²) in [5, 5.41) is 8.91. The van der Waals surface area contributed by atoms with Gasteiger partial charge in [-0.25, -0.2) is 14.6 Å². The summed E-state index contributed by atoms with van der Waals surface area (Å²) in [5.74, 6) is -0.197. The van der Waals surface area contributed by atoms with Crippen LogP contribution in [-0.2, 0) is 4.79 Å². The van der Waals surface area contributed by atoms with E-state index in [0.29, 0.717) is 5.56 Å². The van der Waals surface area contributed by atoms with Crippen LogP contribution in [0.1, 0.15) is 53.0 Å². The molecule has 3 N–H and O–H groups in total. The number of rotatable bonds is 7. The highest BCUT2D eigenvalue weighted by Gasteiger charge is 2.23. The standard InChI is InChI=1S/C28H27FN2O3/c1-4-22(23-12-11-21(34-3)15-17(23)2)27(19-8-5-18(6-9-19)7-14-26(32)33)20-10-13-25-24(16-20)28(29)31-30-25/h5-16,28,30-31H,4H2,1-3H3,(H,32,33)/b14-7+,27-22+. The van der Waals surface area contributed by atoms with E-state index in [-0.39, 0.29) is 0 Å². The molecule has 0 fully saturated rings. The van der Waals surface area contributed by atoms with Crippen molar-refractivity contribution in [2.24, 2.45) is 0 Å². The number of aryl methyl sites for hydroxylation is 1. The molecule has 1 unspecified atom stereocenters. The van der Waals surface area contributed by atoms with Crippen molar-refractivity contribution in [2.75, 3.05) is 12.5 Å². The Kier molecular flexibility index (Phi) is 6.80. The topological polar surface area (TPSA) is 70.6 Å². The summed E-state index contributed by atoms with van der Waals surface area (Å²) in [4.78, 5) is 10.9. The summed E-state index contributed by atoms with van der Waals surface area (Å²) in [5.41, 5.74) is 13.8. The maximum absolute atomic E-state index is 14.5. The first-order valence-electron chi connectivity index (χ1n) is 11.1. The fraction of sp³-hybridized carbons (Fsp3) is 0.179. The van der Waals surface area contributed by atoms with Gasteiger partial charge in [-0.1, -0.05) is 43.3 Å². The normalized spacial score (nSPS) is 15.6. The summed E-state index contributed by atoms with van der Waals surface area (Å²) in [6, 6.07) is 19.5. The molecule has 1 heterocycles. The molecule has 0 saturated carbocycles. The highest BCUT2D eigenvalue weighted by Crippen LogP contribution is 2.39. The van der Waals surface area contributed by atoms with E-state index in [1.807, 2.05) is 54.6 Å². The molecule has 0 amide bonds. The molecule has 0 aliphatic carbocycles. The van der Waals surface area contributed by atoms with Gasteiger partial charge in [-0.15, -0.1) is 0 Å². The zero-order chi connectivity index (χ0) is 24.2. The van der Waals surface area contributed by atoms with Gasteiger partial charge in [-0.05, 0) is 82.6 Å². The molecule has 1 aliphatic rings. The number of methoxy groups -OCH3 is 1. The number of nitrogens with one attached hydrogen (secondary N) is 2. The molecule has 3 aromatic carbocycles. The van der Waals surface area contributed by atoms with E-state index in [1.165, 1.54) is 0 Å². The van der Waals surface area contributed by atoms with Crippen LogP contribution in [0.4, 0.5) is 10.1 Å². The van der Waals surface area contributed by atoms with Crippen LogP contribution in [0.2, 0.25) is 0 Å². The van der Waals surface area contributed by atoms with Crippen LogP contribution in [0.5, 0.6) is 5.75 Å². The number of alkyl halides is 1. The molecular weight excluding hydrogens is 431 g/mol. The van der Waals surface area contributed by atoms with E-state index in [4.69, 9.17) is 9.84 Å². The molecule has 6 heteroatoms. The third-order valence-electron chi connectivity index (χ3n) is 5.98. The number of anilines is 1. The second-order valence-corrected chi connectivity index (χ2v) is 8.12. The Morgan fingerprint density at radius 3 is 2.47 bits per heavy atom. The lowest BCUT2D eigenvalue weighted by atomic mass is 9.85. The second kappa shape index (κ2) is 9.93. The Bertz CT molecular complexity index is 1280. The van der Waals surface area contributed by atoms with Crippen molar-refractivity contribution in [1.82, 2.24) is 5.43 Å². The van der Waals surface area contributed by atoms with Gasteiger partial charge in [0.1, 0.15) is 5.75 Å². The molecular formula is C28H27FN2O3. The third-order valence-corrected chi connectivity index (χ3v) is 5.98. The average Bonchev–Trinajstić information content (AvgIpc) is 3.22. The first kappa shape index (κ1) is 23.3. The van der Waals surface area contributed by atoms with Gasteiger partial charge in [0, 0.05) is 11.6 Å². The minimum atomic E-state index is -1.28. The van der Waals surface area contributed by atoms with Gasteiger partial charge in [-0.2, -0.15) is 0 Å². The Morgan fingerprint density at radius 1 is 1.09 bits per heavy atom. The monoisotopic (exact) mass is 458 g/mol. The summed E-state index contributed by atoms with van der Waals surface area (Å²) < 4.78 is 19.8. The number of hydrogen-bond donors (Lipinski definition) is 3. The molecule has 5 nitrogen and oxygen atoms in total.